The van der Waals surface area contributed by atoms with E-state index in [0.717, 1.165) is 19.3 Å². The van der Waals surface area contributed by atoms with Gasteiger partial charge in [0.1, 0.15) is 18.1 Å². The molecular formula is C24H36ClN5O8P2. The molecule has 4 saturated carbocycles. The third-order valence-electron chi connectivity index (χ3n) is 9.18. The van der Waals surface area contributed by atoms with Crippen LogP contribution in [-0.2, 0) is 13.9 Å². The lowest BCUT2D eigenvalue weighted by atomic mass is 9.43. The van der Waals surface area contributed by atoms with Gasteiger partial charge in [-0.3, -0.25) is 13.7 Å². The third-order valence-corrected chi connectivity index (χ3v) is 13.6. The highest BCUT2D eigenvalue weighted by Gasteiger charge is 2.60. The van der Waals surface area contributed by atoms with Crippen LogP contribution in [0, 0.1) is 16.7 Å². The Bertz CT molecular complexity index is 1420. The van der Waals surface area contributed by atoms with Crippen LogP contribution >= 0.6 is 26.6 Å². The predicted octanol–water partition coefficient (Wildman–Crippen LogP) is 3.06. The first-order valence-corrected chi connectivity index (χ1v) is 17.7. The van der Waals surface area contributed by atoms with Crippen LogP contribution in [0.3, 0.4) is 0 Å². The average Bonchev–Trinajstić information content (AvgIpc) is 3.29. The van der Waals surface area contributed by atoms with Gasteiger partial charge in [0, 0.05) is 11.7 Å². The topological polar surface area (TPSA) is 200 Å². The summed E-state index contributed by atoms with van der Waals surface area (Å²) in [6.07, 6.45) is 2.55. The molecule has 13 nitrogen and oxygen atoms in total. The number of ether oxygens (including phenoxy) is 1. The summed E-state index contributed by atoms with van der Waals surface area (Å²) < 4.78 is 30.8. The van der Waals surface area contributed by atoms with Crippen molar-refractivity contribution in [2.75, 3.05) is 17.4 Å². The second-order valence-electron chi connectivity index (χ2n) is 13.4. The van der Waals surface area contributed by atoms with Crippen molar-refractivity contribution in [1.29, 1.82) is 0 Å². The minimum Gasteiger partial charge on any atom is -0.388 e. The molecule has 5 aliphatic rings. The molecule has 3 heterocycles. The van der Waals surface area contributed by atoms with Crippen LogP contribution in [0.2, 0.25) is 5.28 Å². The average molecular weight is 620 g/mol. The number of anilines is 1. The molecule has 40 heavy (non-hydrogen) atoms. The van der Waals surface area contributed by atoms with Gasteiger partial charge in [-0.25, -0.2) is 4.98 Å². The second kappa shape index (κ2) is 9.43. The monoisotopic (exact) mass is 619 g/mol. The predicted molar refractivity (Wildman–Crippen MR) is 146 cm³/mol. The number of halogens is 1. The summed E-state index contributed by atoms with van der Waals surface area (Å²) >= 11 is 6.37. The number of hydrogen-bond acceptors (Lipinski definition) is 9. The Morgan fingerprint density at radius 1 is 1.07 bits per heavy atom. The van der Waals surface area contributed by atoms with Crippen molar-refractivity contribution < 1.29 is 38.8 Å². The van der Waals surface area contributed by atoms with Crippen LogP contribution in [0.5, 0.6) is 0 Å². The maximum atomic E-state index is 12.2. The molecule has 0 spiro atoms. The highest BCUT2D eigenvalue weighted by Crippen LogP contribution is 2.67. The Balaban J connectivity index is 1.25. The molecule has 5 unspecified atom stereocenters. The van der Waals surface area contributed by atoms with Crippen LogP contribution in [0.15, 0.2) is 6.33 Å². The Kier molecular flexibility index (Phi) is 6.83. The molecule has 0 aromatic carbocycles. The number of nitrogens with one attached hydrogen (secondary N) is 1. The fraction of sp³-hybridized carbons (Fsp3) is 0.792. The van der Waals surface area contributed by atoms with E-state index >= 15 is 0 Å². The standard InChI is InChI=1S/C24H36ClN5O8P2/c1-22-5-13-6-23(2,8-22)10-24(7-13,9-22)29-18-15-19(28-21(25)27-18)30(11-26-15)20-17(32)16(31)14(38-20)3-4-39(33,34)12-40(35,36)37/h11,13-14,16-17,20,31-32H,3-10,12H2,1-2H3,(H,33,34)(H,27,28,29)(H2,35,36,37)/t13?,14-,16?,17?,20-,22-,23+,24?/m1/s1. The number of nitrogens with zero attached hydrogens (tertiary/aromatic N) is 4. The number of fused-ring (bicyclic) bond motifs is 1. The van der Waals surface area contributed by atoms with E-state index in [1.807, 2.05) is 0 Å². The first-order chi connectivity index (χ1) is 18.5. The van der Waals surface area contributed by atoms with Gasteiger partial charge in [0.25, 0.3) is 0 Å². The molecule has 2 aromatic heterocycles. The van der Waals surface area contributed by atoms with E-state index < -0.39 is 51.6 Å². The van der Waals surface area contributed by atoms with E-state index in [-0.39, 0.29) is 28.1 Å². The van der Waals surface area contributed by atoms with Crippen molar-refractivity contribution in [3.63, 3.8) is 0 Å². The Labute approximate surface area is 236 Å². The largest absolute Gasteiger partial charge is 0.388 e. The normalized spacial score (nSPS) is 40.5. The number of imidazole rings is 1. The molecular weight excluding hydrogens is 584 g/mol. The molecule has 1 aliphatic heterocycles. The number of aliphatic hydroxyl groups excluding tert-OH is 2. The molecule has 4 aliphatic carbocycles. The summed E-state index contributed by atoms with van der Waals surface area (Å²) in [6.45, 7) is 4.76. The lowest BCUT2D eigenvalue weighted by Gasteiger charge is -2.65. The van der Waals surface area contributed by atoms with E-state index in [2.05, 4.69) is 34.1 Å². The summed E-state index contributed by atoms with van der Waals surface area (Å²) in [7, 11) is -8.89. The van der Waals surface area contributed by atoms with E-state index in [1.165, 1.54) is 30.2 Å². The Morgan fingerprint density at radius 3 is 2.38 bits per heavy atom. The molecule has 5 fully saturated rings. The van der Waals surface area contributed by atoms with Crippen LogP contribution in [0.4, 0.5) is 5.82 Å². The van der Waals surface area contributed by atoms with Crippen molar-refractivity contribution in [1.82, 2.24) is 19.5 Å². The van der Waals surface area contributed by atoms with E-state index in [4.69, 9.17) is 26.1 Å². The lowest BCUT2D eigenvalue weighted by Crippen LogP contribution is -2.61. The molecule has 222 valence electrons. The van der Waals surface area contributed by atoms with Crippen LogP contribution in [0.1, 0.15) is 65.0 Å². The SMILES string of the molecule is C[C@]12CC3CC(Nc4nc(Cl)nc5c4ncn5[C@@H]4O[C@H](CCP(=O)(O)CP(=O)(O)O)C(O)C4O)(C1)C[C@@](C)(C3)C2. The lowest BCUT2D eigenvalue weighted by molar-refractivity contribution is -0.0973. The fourth-order valence-electron chi connectivity index (χ4n) is 8.89. The van der Waals surface area contributed by atoms with Gasteiger partial charge in [0.2, 0.25) is 12.7 Å². The summed E-state index contributed by atoms with van der Waals surface area (Å²) in [5, 5.41) is 25.1. The smallest absolute Gasteiger partial charge is 0.335 e. The minimum atomic E-state index is -4.70. The van der Waals surface area contributed by atoms with Crippen molar-refractivity contribution >= 4 is 43.5 Å². The van der Waals surface area contributed by atoms with Crippen LogP contribution in [0.25, 0.3) is 11.2 Å². The first-order valence-electron chi connectivity index (χ1n) is 13.5. The molecule has 4 bridgehead atoms. The van der Waals surface area contributed by atoms with E-state index in [1.54, 1.807) is 0 Å². The van der Waals surface area contributed by atoms with Gasteiger partial charge in [-0.1, -0.05) is 13.8 Å². The number of rotatable bonds is 8. The number of hydrogen-bond donors (Lipinski definition) is 6. The van der Waals surface area contributed by atoms with Gasteiger partial charge in [-0.05, 0) is 73.3 Å². The summed E-state index contributed by atoms with van der Waals surface area (Å²) in [5.74, 6) is -0.00112. The van der Waals surface area contributed by atoms with Crippen molar-refractivity contribution in [2.24, 2.45) is 16.7 Å². The Hall–Kier alpha value is -1.14. The van der Waals surface area contributed by atoms with Gasteiger partial charge in [0.15, 0.2) is 23.2 Å². The molecule has 7 rings (SSSR count). The molecule has 0 radical (unpaired) electrons. The molecule has 6 N–H and O–H groups in total. The van der Waals surface area contributed by atoms with Gasteiger partial charge in [-0.15, -0.1) is 0 Å². The quantitative estimate of drug-likeness (QED) is 0.187. The summed E-state index contributed by atoms with van der Waals surface area (Å²) in [6, 6.07) is 0. The molecule has 1 saturated heterocycles. The third kappa shape index (κ3) is 5.38. The van der Waals surface area contributed by atoms with Crippen LogP contribution < -0.4 is 5.32 Å². The molecule has 16 heteroatoms. The Morgan fingerprint density at radius 2 is 1.75 bits per heavy atom. The van der Waals surface area contributed by atoms with Gasteiger partial charge in [0.05, 0.1) is 12.4 Å². The van der Waals surface area contributed by atoms with Crippen molar-refractivity contribution in [2.45, 2.75) is 88.9 Å². The van der Waals surface area contributed by atoms with Crippen molar-refractivity contribution in [3.05, 3.63) is 11.6 Å². The zero-order valence-corrected chi connectivity index (χ0v) is 24.9. The second-order valence-corrected chi connectivity index (χ2v) is 18.4. The maximum Gasteiger partial charge on any atom is 0.335 e. The van der Waals surface area contributed by atoms with Crippen LogP contribution in [-0.4, -0.2) is 80.3 Å². The minimum absolute atomic E-state index is 0.0119. The summed E-state index contributed by atoms with van der Waals surface area (Å²) in [4.78, 5) is 41.5. The van der Waals surface area contributed by atoms with E-state index in [0.29, 0.717) is 22.9 Å². The first kappa shape index (κ1) is 29.0. The van der Waals surface area contributed by atoms with Gasteiger partial charge >= 0.3 is 7.60 Å². The summed E-state index contributed by atoms with van der Waals surface area (Å²) in [5.41, 5.74) is 1.16. The molecule has 0 amide bonds. The van der Waals surface area contributed by atoms with E-state index in [9.17, 15) is 24.2 Å². The maximum absolute atomic E-state index is 12.2. The zero-order valence-electron chi connectivity index (χ0n) is 22.4. The van der Waals surface area contributed by atoms with Gasteiger partial charge in [-0.2, -0.15) is 9.97 Å². The van der Waals surface area contributed by atoms with Crippen molar-refractivity contribution in [3.8, 4) is 0 Å². The van der Waals surface area contributed by atoms with Gasteiger partial charge < -0.3 is 34.9 Å². The fourth-order valence-corrected chi connectivity index (χ4v) is 12.6. The molecule has 2 aromatic rings. The zero-order chi connectivity index (χ0) is 28.9. The highest BCUT2D eigenvalue weighted by atomic mass is 35.5. The number of aromatic nitrogens is 4. The molecule has 9 atom stereocenters. The number of aliphatic hydroxyl groups is 2. The highest BCUT2D eigenvalue weighted by molar-refractivity contribution is 7.72.